The van der Waals surface area contributed by atoms with E-state index in [0.29, 0.717) is 12.3 Å². The molecule has 0 bridgehead atoms. The fourth-order valence-corrected chi connectivity index (χ4v) is 4.08. The Bertz CT molecular complexity index is 723. The number of hydrogen-bond donors (Lipinski definition) is 1. The van der Waals surface area contributed by atoms with Crippen molar-refractivity contribution in [1.29, 1.82) is 0 Å². The van der Waals surface area contributed by atoms with Crippen LogP contribution in [0.4, 0.5) is 0 Å². The fourth-order valence-electron chi connectivity index (χ4n) is 2.28. The van der Waals surface area contributed by atoms with Crippen molar-refractivity contribution >= 4 is 36.7 Å². The minimum absolute atomic E-state index is 0.0924. The van der Waals surface area contributed by atoms with E-state index >= 15 is 0 Å². The molecule has 1 N–H and O–H groups in total. The van der Waals surface area contributed by atoms with Gasteiger partial charge in [0.2, 0.25) is 0 Å². The fraction of sp³-hybridized carbons (Fsp3) is 0.385. The van der Waals surface area contributed by atoms with Crippen molar-refractivity contribution in [3.63, 3.8) is 0 Å². The molecule has 3 rings (SSSR count). The van der Waals surface area contributed by atoms with E-state index < -0.39 is 9.84 Å². The lowest BCUT2D eigenvalue weighted by Gasteiger charge is -2.26. The molecule has 19 heavy (non-hydrogen) atoms. The summed E-state index contributed by atoms with van der Waals surface area (Å²) in [5.74, 6) is 0.776. The summed E-state index contributed by atoms with van der Waals surface area (Å²) in [5.41, 5.74) is 0.774. The topological polar surface area (TPSA) is 59.3 Å². The van der Waals surface area contributed by atoms with Crippen molar-refractivity contribution in [1.82, 2.24) is 5.32 Å². The second-order valence-electron chi connectivity index (χ2n) is 4.93. The minimum atomic E-state index is -3.04. The molecule has 0 saturated carbocycles. The first-order valence-corrected chi connectivity index (χ1v) is 8.60. The number of hydrogen-bond acceptors (Lipinski definition) is 4. The summed E-state index contributed by atoms with van der Waals surface area (Å²) in [6, 6.07) is 7.39. The third kappa shape index (κ3) is 2.44. The highest BCUT2D eigenvalue weighted by molar-refractivity contribution is 9.10. The van der Waals surface area contributed by atoms with Crippen molar-refractivity contribution in [3.05, 3.63) is 34.5 Å². The van der Waals surface area contributed by atoms with Crippen LogP contribution in [0.5, 0.6) is 0 Å². The van der Waals surface area contributed by atoms with Gasteiger partial charge in [0.1, 0.15) is 11.3 Å². The zero-order valence-corrected chi connectivity index (χ0v) is 12.8. The Morgan fingerprint density at radius 3 is 2.89 bits per heavy atom. The van der Waals surface area contributed by atoms with E-state index in [0.717, 1.165) is 15.4 Å². The van der Waals surface area contributed by atoms with E-state index in [9.17, 15) is 8.42 Å². The number of nitrogens with one attached hydrogen (secondary N) is 1. The van der Waals surface area contributed by atoms with Gasteiger partial charge in [-0.25, -0.2) is 8.42 Å². The number of halogens is 1. The number of furan rings is 1. The number of sulfone groups is 1. The summed E-state index contributed by atoms with van der Waals surface area (Å²) in [6.45, 7) is 2.20. The first-order valence-electron chi connectivity index (χ1n) is 6.10. The monoisotopic (exact) mass is 343 g/mol. The van der Waals surface area contributed by atoms with Crippen LogP contribution in [-0.2, 0) is 9.84 Å². The van der Waals surface area contributed by atoms with Crippen LogP contribution in [0.2, 0.25) is 0 Å². The Morgan fingerprint density at radius 2 is 2.16 bits per heavy atom. The van der Waals surface area contributed by atoms with Crippen LogP contribution in [0.15, 0.2) is 33.2 Å². The number of rotatable bonds is 1. The van der Waals surface area contributed by atoms with E-state index in [2.05, 4.69) is 21.2 Å². The number of fused-ring (bicyclic) bond motifs is 1. The molecule has 4 nitrogen and oxygen atoms in total. The largest absolute Gasteiger partial charge is 0.459 e. The molecule has 2 heterocycles. The smallest absolute Gasteiger partial charge is 0.156 e. The summed E-state index contributed by atoms with van der Waals surface area (Å²) in [6.07, 6.45) is 0. The zero-order chi connectivity index (χ0) is 13.6. The molecule has 1 aliphatic heterocycles. The Balaban J connectivity index is 1.96. The first-order chi connectivity index (χ1) is 8.95. The second kappa shape index (κ2) is 4.61. The summed E-state index contributed by atoms with van der Waals surface area (Å²) < 4.78 is 30.6. The van der Waals surface area contributed by atoms with E-state index in [1.165, 1.54) is 0 Å². The standard InChI is InChI=1S/C13H14BrNO3S/c1-8-6-15-11(7-19(8,16)17)13-5-9-4-10(14)2-3-12(9)18-13/h2-5,8,11,15H,6-7H2,1H3. The van der Waals surface area contributed by atoms with Crippen molar-refractivity contribution in [2.75, 3.05) is 12.3 Å². The molecule has 1 saturated heterocycles. The van der Waals surface area contributed by atoms with Crippen molar-refractivity contribution in [2.24, 2.45) is 0 Å². The normalized spacial score (nSPS) is 26.6. The second-order valence-corrected chi connectivity index (χ2v) is 8.31. The van der Waals surface area contributed by atoms with Gasteiger partial charge in [0.25, 0.3) is 0 Å². The average molecular weight is 344 g/mol. The highest BCUT2D eigenvalue weighted by atomic mass is 79.9. The van der Waals surface area contributed by atoms with Gasteiger partial charge in [0.05, 0.1) is 17.0 Å². The summed E-state index contributed by atoms with van der Waals surface area (Å²) >= 11 is 3.41. The molecule has 1 aromatic carbocycles. The summed E-state index contributed by atoms with van der Waals surface area (Å²) in [4.78, 5) is 0. The van der Waals surface area contributed by atoms with Crippen LogP contribution in [0.1, 0.15) is 18.7 Å². The zero-order valence-electron chi connectivity index (χ0n) is 10.4. The summed E-state index contributed by atoms with van der Waals surface area (Å²) in [5, 5.41) is 3.87. The maximum Gasteiger partial charge on any atom is 0.156 e. The highest BCUT2D eigenvalue weighted by Crippen LogP contribution is 2.29. The third-order valence-electron chi connectivity index (χ3n) is 3.50. The molecule has 2 unspecified atom stereocenters. The highest BCUT2D eigenvalue weighted by Gasteiger charge is 2.33. The van der Waals surface area contributed by atoms with Gasteiger partial charge in [-0.2, -0.15) is 0 Å². The molecular formula is C13H14BrNO3S. The maximum atomic E-state index is 11.9. The average Bonchev–Trinajstić information content (AvgIpc) is 2.75. The Morgan fingerprint density at radius 1 is 1.37 bits per heavy atom. The molecule has 0 spiro atoms. The molecular weight excluding hydrogens is 330 g/mol. The predicted molar refractivity (Wildman–Crippen MR) is 77.9 cm³/mol. The van der Waals surface area contributed by atoms with Crippen molar-refractivity contribution in [2.45, 2.75) is 18.2 Å². The molecule has 0 amide bonds. The maximum absolute atomic E-state index is 11.9. The molecule has 1 fully saturated rings. The lowest BCUT2D eigenvalue weighted by molar-refractivity contribution is 0.431. The van der Waals surface area contributed by atoms with Crippen LogP contribution in [0.25, 0.3) is 11.0 Å². The Labute approximate surface area is 120 Å². The first kappa shape index (κ1) is 13.1. The van der Waals surface area contributed by atoms with E-state index in [4.69, 9.17) is 4.42 Å². The van der Waals surface area contributed by atoms with Crippen LogP contribution < -0.4 is 5.32 Å². The van der Waals surface area contributed by atoms with Gasteiger partial charge < -0.3 is 9.73 Å². The van der Waals surface area contributed by atoms with Gasteiger partial charge >= 0.3 is 0 Å². The van der Waals surface area contributed by atoms with Gasteiger partial charge in [0, 0.05) is 16.4 Å². The van der Waals surface area contributed by atoms with Crippen molar-refractivity contribution < 1.29 is 12.8 Å². The van der Waals surface area contributed by atoms with E-state index in [1.807, 2.05) is 24.3 Å². The quantitative estimate of drug-likeness (QED) is 0.864. The van der Waals surface area contributed by atoms with Gasteiger partial charge in [-0.1, -0.05) is 15.9 Å². The third-order valence-corrected chi connectivity index (χ3v) is 6.19. The van der Waals surface area contributed by atoms with E-state index in [1.54, 1.807) is 6.92 Å². The van der Waals surface area contributed by atoms with Crippen molar-refractivity contribution in [3.8, 4) is 0 Å². The molecule has 1 aromatic heterocycles. The predicted octanol–water partition coefficient (Wildman–Crippen LogP) is 2.64. The lowest BCUT2D eigenvalue weighted by Crippen LogP contribution is -2.44. The molecule has 6 heteroatoms. The number of benzene rings is 1. The van der Waals surface area contributed by atoms with Gasteiger partial charge in [-0.05, 0) is 31.2 Å². The van der Waals surface area contributed by atoms with Gasteiger partial charge in [-0.3, -0.25) is 0 Å². The Hall–Kier alpha value is -0.850. The minimum Gasteiger partial charge on any atom is -0.459 e. The SMILES string of the molecule is CC1CNC(c2cc3cc(Br)ccc3o2)CS1(=O)=O. The van der Waals surface area contributed by atoms with Crippen LogP contribution in [-0.4, -0.2) is 26.0 Å². The summed E-state index contributed by atoms with van der Waals surface area (Å²) in [7, 11) is -3.04. The van der Waals surface area contributed by atoms with Gasteiger partial charge in [0.15, 0.2) is 9.84 Å². The Kier molecular flexibility index (Phi) is 3.19. The lowest BCUT2D eigenvalue weighted by atomic mass is 10.2. The van der Waals surface area contributed by atoms with Gasteiger partial charge in [-0.15, -0.1) is 0 Å². The van der Waals surface area contributed by atoms with Crippen LogP contribution >= 0.6 is 15.9 Å². The molecule has 1 aliphatic rings. The molecule has 102 valence electrons. The molecule has 2 aromatic rings. The van der Waals surface area contributed by atoms with Crippen LogP contribution in [0.3, 0.4) is 0 Å². The molecule has 0 aliphatic carbocycles. The van der Waals surface area contributed by atoms with Crippen LogP contribution in [0, 0.1) is 0 Å². The molecule has 2 atom stereocenters. The van der Waals surface area contributed by atoms with E-state index in [-0.39, 0.29) is 17.0 Å². The molecule has 0 radical (unpaired) electrons.